The lowest BCUT2D eigenvalue weighted by molar-refractivity contribution is 0.972. The molecule has 1 aliphatic rings. The van der Waals surface area contributed by atoms with Gasteiger partial charge in [0.15, 0.2) is 5.65 Å². The van der Waals surface area contributed by atoms with E-state index in [1.54, 1.807) is 0 Å². The van der Waals surface area contributed by atoms with Crippen molar-refractivity contribution in [2.24, 2.45) is 0 Å². The van der Waals surface area contributed by atoms with Crippen LogP contribution in [0.1, 0.15) is 12.8 Å². The van der Waals surface area contributed by atoms with E-state index in [1.165, 1.54) is 38.7 Å². The van der Waals surface area contributed by atoms with Crippen LogP contribution >= 0.6 is 0 Å². The Balaban J connectivity index is 1.02. The fraction of sp³-hybridized carbons (Fsp3) is 0.0317. The summed E-state index contributed by atoms with van der Waals surface area (Å²) in [5.74, 6) is 0.926. The van der Waals surface area contributed by atoms with E-state index in [2.05, 4.69) is 267 Å². The van der Waals surface area contributed by atoms with Crippen LogP contribution in [-0.4, -0.2) is 18.7 Å². The predicted octanol–water partition coefficient (Wildman–Crippen LogP) is 16.7. The Bertz CT molecular complexity index is 3760. The summed E-state index contributed by atoms with van der Waals surface area (Å²) in [6.07, 6.45) is 8.62. The molecule has 68 heavy (non-hydrogen) atoms. The summed E-state index contributed by atoms with van der Waals surface area (Å²) in [6.45, 7) is 0. The third kappa shape index (κ3) is 6.58. The first-order valence-corrected chi connectivity index (χ1v) is 23.4. The van der Waals surface area contributed by atoms with Crippen molar-refractivity contribution in [3.63, 3.8) is 0 Å². The summed E-state index contributed by atoms with van der Waals surface area (Å²) in [4.78, 5) is 7.97. The number of para-hydroxylation sites is 2. The molecule has 0 amide bonds. The number of anilines is 3. The van der Waals surface area contributed by atoms with Crippen molar-refractivity contribution in [2.75, 3.05) is 4.90 Å². The molecule has 0 atom stereocenters. The van der Waals surface area contributed by atoms with Crippen molar-refractivity contribution in [3.05, 3.63) is 249 Å². The van der Waals surface area contributed by atoms with E-state index in [-0.39, 0.29) is 0 Å². The minimum Gasteiger partial charge on any atom is -0.311 e. The molecule has 322 valence electrons. The fourth-order valence-corrected chi connectivity index (χ4v) is 10.4. The Morgan fingerprint density at radius 3 is 1.44 bits per heavy atom. The third-order valence-corrected chi connectivity index (χ3v) is 13.5. The lowest BCUT2D eigenvalue weighted by Gasteiger charge is -2.26. The first-order valence-electron chi connectivity index (χ1n) is 23.4. The van der Waals surface area contributed by atoms with E-state index in [0.29, 0.717) is 0 Å². The van der Waals surface area contributed by atoms with E-state index < -0.39 is 0 Å². The summed E-state index contributed by atoms with van der Waals surface area (Å²) in [6, 6.07) is 82.9. The molecule has 9 aromatic carbocycles. The van der Waals surface area contributed by atoms with Crippen LogP contribution in [0, 0.1) is 0 Å². The van der Waals surface area contributed by atoms with Crippen molar-refractivity contribution in [1.29, 1.82) is 0 Å². The van der Waals surface area contributed by atoms with Gasteiger partial charge in [0.25, 0.3) is 0 Å². The lowest BCUT2D eigenvalue weighted by Crippen LogP contribution is -2.10. The molecular weight excluding hydrogens is 827 g/mol. The van der Waals surface area contributed by atoms with Crippen LogP contribution < -0.4 is 4.90 Å². The molecule has 0 bridgehead atoms. The molecule has 0 fully saturated rings. The van der Waals surface area contributed by atoms with Crippen LogP contribution in [0.5, 0.6) is 0 Å². The van der Waals surface area contributed by atoms with E-state index in [0.717, 1.165) is 85.8 Å². The van der Waals surface area contributed by atoms with Gasteiger partial charge in [-0.3, -0.25) is 9.13 Å². The number of aromatic nitrogens is 4. The molecule has 3 aromatic heterocycles. The largest absolute Gasteiger partial charge is 0.311 e. The average Bonchev–Trinajstić information content (AvgIpc) is 4.08. The maximum atomic E-state index is 5.61. The van der Waals surface area contributed by atoms with Crippen LogP contribution in [-0.2, 0) is 0 Å². The van der Waals surface area contributed by atoms with E-state index in [9.17, 15) is 0 Å². The van der Waals surface area contributed by atoms with Crippen molar-refractivity contribution in [2.45, 2.75) is 12.8 Å². The molecule has 0 unspecified atom stereocenters. The van der Waals surface area contributed by atoms with Crippen molar-refractivity contribution in [3.8, 4) is 45.0 Å². The number of fused-ring (bicyclic) bond motifs is 7. The van der Waals surface area contributed by atoms with Gasteiger partial charge < -0.3 is 9.47 Å². The van der Waals surface area contributed by atoms with Crippen LogP contribution in [0.2, 0.25) is 0 Å². The van der Waals surface area contributed by atoms with Gasteiger partial charge in [-0.2, -0.15) is 0 Å². The smallest absolute Gasteiger partial charge is 0.165 e. The highest BCUT2D eigenvalue weighted by atomic mass is 15.2. The number of allylic oxidation sites excluding steroid dienone is 4. The molecule has 3 heterocycles. The van der Waals surface area contributed by atoms with Crippen LogP contribution in [0.4, 0.5) is 17.1 Å². The van der Waals surface area contributed by atoms with Gasteiger partial charge in [-0.05, 0) is 114 Å². The summed E-state index contributed by atoms with van der Waals surface area (Å²) >= 11 is 0. The normalized spacial score (nSPS) is 12.6. The predicted molar refractivity (Wildman–Crippen MR) is 285 cm³/mol. The van der Waals surface area contributed by atoms with Gasteiger partial charge in [0, 0.05) is 55.9 Å². The quantitative estimate of drug-likeness (QED) is 0.145. The SMILES string of the molecule is C1=CCCC(n2c3nc(-c4ccccc4)n(-c4ccccc4)c3c3ccc4c5ccccc5n(-c5ccc(N(c6ccc(-c7ccccc7)cc6)c6ccc(-c7ccccc7)cc6)cc5)c4c32)=C1. The van der Waals surface area contributed by atoms with Crippen molar-refractivity contribution < 1.29 is 0 Å². The van der Waals surface area contributed by atoms with Crippen molar-refractivity contribution >= 4 is 66.6 Å². The summed E-state index contributed by atoms with van der Waals surface area (Å²) in [5, 5.41) is 3.58. The third-order valence-electron chi connectivity index (χ3n) is 13.5. The second kappa shape index (κ2) is 16.5. The first-order chi connectivity index (χ1) is 33.8. The molecule has 0 aliphatic heterocycles. The Hall–Kier alpha value is -8.93. The molecule has 1 aliphatic carbocycles. The van der Waals surface area contributed by atoms with Gasteiger partial charge in [-0.25, -0.2) is 4.98 Å². The molecule has 0 spiro atoms. The highest BCUT2D eigenvalue weighted by Gasteiger charge is 2.28. The fourth-order valence-electron chi connectivity index (χ4n) is 10.4. The maximum Gasteiger partial charge on any atom is 0.165 e. The van der Waals surface area contributed by atoms with Gasteiger partial charge in [0.2, 0.25) is 0 Å². The van der Waals surface area contributed by atoms with Crippen LogP contribution in [0.25, 0.3) is 94.6 Å². The molecule has 5 nitrogen and oxygen atoms in total. The van der Waals surface area contributed by atoms with E-state index in [4.69, 9.17) is 4.98 Å². The monoisotopic (exact) mass is 871 g/mol. The molecule has 13 rings (SSSR count). The number of nitrogens with zero attached hydrogens (tertiary/aromatic N) is 5. The number of hydrogen-bond donors (Lipinski definition) is 0. The molecule has 0 saturated carbocycles. The average molecular weight is 872 g/mol. The number of benzene rings is 9. The van der Waals surface area contributed by atoms with Crippen LogP contribution in [0.3, 0.4) is 0 Å². The van der Waals surface area contributed by atoms with Gasteiger partial charge >= 0.3 is 0 Å². The van der Waals surface area contributed by atoms with Gasteiger partial charge in [0.1, 0.15) is 11.3 Å². The molecule has 0 saturated heterocycles. The number of imidazole rings is 1. The number of hydrogen-bond acceptors (Lipinski definition) is 2. The van der Waals surface area contributed by atoms with Gasteiger partial charge in [-0.1, -0.05) is 170 Å². The lowest BCUT2D eigenvalue weighted by atomic mass is 10.0. The van der Waals surface area contributed by atoms with E-state index in [1.807, 2.05) is 0 Å². The minimum absolute atomic E-state index is 0.911. The van der Waals surface area contributed by atoms with Gasteiger partial charge in [-0.15, -0.1) is 0 Å². The molecule has 0 N–H and O–H groups in total. The molecule has 0 radical (unpaired) electrons. The maximum absolute atomic E-state index is 5.61. The Morgan fingerprint density at radius 1 is 0.368 bits per heavy atom. The second-order valence-electron chi connectivity index (χ2n) is 17.5. The Morgan fingerprint density at radius 2 is 0.853 bits per heavy atom. The Labute approximate surface area is 395 Å². The van der Waals surface area contributed by atoms with Crippen molar-refractivity contribution in [1.82, 2.24) is 18.7 Å². The number of rotatable bonds is 9. The minimum atomic E-state index is 0.911. The topological polar surface area (TPSA) is 30.9 Å². The first kappa shape index (κ1) is 39.4. The zero-order chi connectivity index (χ0) is 45.0. The highest BCUT2D eigenvalue weighted by Crippen LogP contribution is 2.45. The zero-order valence-electron chi connectivity index (χ0n) is 37.3. The summed E-state index contributed by atoms with van der Waals surface area (Å²) < 4.78 is 7.31. The summed E-state index contributed by atoms with van der Waals surface area (Å²) in [5.41, 5.74) is 18.0. The molecular formula is C63H45N5. The van der Waals surface area contributed by atoms with E-state index >= 15 is 0 Å². The summed E-state index contributed by atoms with van der Waals surface area (Å²) in [7, 11) is 0. The molecule has 12 aromatic rings. The second-order valence-corrected chi connectivity index (χ2v) is 17.5. The highest BCUT2D eigenvalue weighted by molar-refractivity contribution is 6.23. The molecule has 5 heteroatoms. The standard InChI is InChI=1S/C63H45N5/c1-6-18-44(19-7-1)46-30-34-51(35-31-46)65(52-36-32-47(33-37-52)45-20-8-2-9-21-45)53-38-40-54(41-39-53)66-58-29-17-16-28-55(58)56-42-43-57-60(59(56)66)67(49-24-12-4-13-25-49)63-61(57)68(50-26-14-5-15-27-50)62(64-63)48-22-10-3-11-23-48/h1-12,14-24,26-43H,13,25H2. The zero-order valence-corrected chi connectivity index (χ0v) is 37.3. The van der Waals surface area contributed by atoms with Crippen LogP contribution in [0.15, 0.2) is 249 Å². The van der Waals surface area contributed by atoms with Gasteiger partial charge in [0.05, 0.1) is 16.6 Å². The Kier molecular flexibility index (Phi) is 9.57.